The highest BCUT2D eigenvalue weighted by molar-refractivity contribution is 9.10. The summed E-state index contributed by atoms with van der Waals surface area (Å²) in [5.74, 6) is 1.55. The lowest BCUT2D eigenvalue weighted by atomic mass is 10.1. The van der Waals surface area contributed by atoms with Crippen molar-refractivity contribution < 1.29 is 0 Å². The van der Waals surface area contributed by atoms with E-state index in [1.54, 1.807) is 4.52 Å². The van der Waals surface area contributed by atoms with Crippen molar-refractivity contribution in [3.05, 3.63) is 22.8 Å². The Labute approximate surface area is 109 Å². The predicted molar refractivity (Wildman–Crippen MR) is 71.1 cm³/mol. The molecular weight excluding hydrogens is 280 g/mol. The van der Waals surface area contributed by atoms with Gasteiger partial charge in [-0.05, 0) is 53.2 Å². The number of halogens is 1. The summed E-state index contributed by atoms with van der Waals surface area (Å²) in [6.07, 6.45) is 5.65. The number of hydrogen-bond acceptors (Lipinski definition) is 3. The van der Waals surface area contributed by atoms with E-state index < -0.39 is 0 Å². The number of rotatable bonds is 2. The molecule has 0 spiro atoms. The number of nitrogens with zero attached hydrogens (tertiary/aromatic N) is 3. The molecule has 0 radical (unpaired) electrons. The largest absolute Gasteiger partial charge is 0.350 e. The molecule has 0 saturated heterocycles. The molecule has 1 aliphatic carbocycles. The molecule has 0 aromatic carbocycles. The van der Waals surface area contributed by atoms with Gasteiger partial charge < -0.3 is 5.32 Å². The molecule has 1 N–H and O–H groups in total. The Hall–Kier alpha value is -1.10. The van der Waals surface area contributed by atoms with Crippen LogP contribution >= 0.6 is 15.9 Å². The molecule has 2 unspecified atom stereocenters. The molecule has 2 heterocycles. The highest BCUT2D eigenvalue weighted by Crippen LogP contribution is 2.27. The van der Waals surface area contributed by atoms with Crippen LogP contribution in [0.15, 0.2) is 22.8 Å². The third-order valence-electron chi connectivity index (χ3n) is 3.34. The van der Waals surface area contributed by atoms with Crippen LogP contribution in [-0.4, -0.2) is 20.6 Å². The van der Waals surface area contributed by atoms with Crippen molar-refractivity contribution in [1.82, 2.24) is 14.6 Å². The van der Waals surface area contributed by atoms with Crippen LogP contribution in [0.1, 0.15) is 26.2 Å². The molecule has 90 valence electrons. The van der Waals surface area contributed by atoms with Gasteiger partial charge in [0.15, 0.2) is 5.65 Å². The molecule has 0 amide bonds. The van der Waals surface area contributed by atoms with E-state index in [1.807, 2.05) is 18.3 Å². The van der Waals surface area contributed by atoms with Gasteiger partial charge in [-0.15, -0.1) is 5.10 Å². The number of hydrogen-bond donors (Lipinski definition) is 1. The summed E-state index contributed by atoms with van der Waals surface area (Å²) in [5, 5.41) is 7.85. The van der Waals surface area contributed by atoms with Crippen LogP contribution in [0.4, 0.5) is 5.95 Å². The average Bonchev–Trinajstić information content (AvgIpc) is 2.86. The van der Waals surface area contributed by atoms with E-state index >= 15 is 0 Å². The van der Waals surface area contributed by atoms with E-state index in [1.165, 1.54) is 19.3 Å². The van der Waals surface area contributed by atoms with Gasteiger partial charge >= 0.3 is 0 Å². The first kappa shape index (κ1) is 11.0. The first-order chi connectivity index (χ1) is 8.22. The number of fused-ring (bicyclic) bond motifs is 1. The Morgan fingerprint density at radius 1 is 1.47 bits per heavy atom. The number of nitrogens with one attached hydrogen (secondary N) is 1. The summed E-state index contributed by atoms with van der Waals surface area (Å²) in [5.41, 5.74) is 0.862. The fourth-order valence-electron chi connectivity index (χ4n) is 2.46. The summed E-state index contributed by atoms with van der Waals surface area (Å²) >= 11 is 3.48. The van der Waals surface area contributed by atoms with Crippen LogP contribution < -0.4 is 5.32 Å². The van der Waals surface area contributed by atoms with Crippen molar-refractivity contribution >= 4 is 27.5 Å². The van der Waals surface area contributed by atoms with Crippen molar-refractivity contribution in [2.24, 2.45) is 5.92 Å². The Bertz CT molecular complexity index is 536. The zero-order valence-corrected chi connectivity index (χ0v) is 11.3. The minimum atomic E-state index is 0.529. The lowest BCUT2D eigenvalue weighted by Gasteiger charge is -2.09. The molecule has 1 saturated carbocycles. The minimum Gasteiger partial charge on any atom is -0.350 e. The molecule has 0 aliphatic heterocycles. The highest BCUT2D eigenvalue weighted by atomic mass is 79.9. The first-order valence-corrected chi connectivity index (χ1v) is 6.79. The molecular formula is C12H15BrN4. The summed E-state index contributed by atoms with van der Waals surface area (Å²) in [6.45, 7) is 2.30. The number of aromatic nitrogens is 3. The Kier molecular flexibility index (Phi) is 2.78. The lowest BCUT2D eigenvalue weighted by molar-refractivity contribution is 0.601. The maximum Gasteiger partial charge on any atom is 0.243 e. The normalized spacial score (nSPS) is 24.4. The van der Waals surface area contributed by atoms with Gasteiger partial charge in [0.25, 0.3) is 0 Å². The molecule has 2 atom stereocenters. The van der Waals surface area contributed by atoms with E-state index in [2.05, 4.69) is 38.3 Å². The van der Waals surface area contributed by atoms with Crippen LogP contribution in [0.5, 0.6) is 0 Å². The van der Waals surface area contributed by atoms with Crippen LogP contribution in [0.25, 0.3) is 5.65 Å². The van der Waals surface area contributed by atoms with Gasteiger partial charge in [-0.2, -0.15) is 4.98 Å². The third-order valence-corrected chi connectivity index (χ3v) is 3.96. The van der Waals surface area contributed by atoms with Crippen LogP contribution in [-0.2, 0) is 0 Å². The summed E-state index contributed by atoms with van der Waals surface area (Å²) in [6, 6.07) is 4.46. The molecule has 4 nitrogen and oxygen atoms in total. The van der Waals surface area contributed by atoms with E-state index in [0.717, 1.165) is 22.0 Å². The maximum atomic E-state index is 4.49. The Morgan fingerprint density at radius 2 is 2.35 bits per heavy atom. The minimum absolute atomic E-state index is 0.529. The summed E-state index contributed by atoms with van der Waals surface area (Å²) < 4.78 is 2.77. The van der Waals surface area contributed by atoms with Crippen molar-refractivity contribution in [3.63, 3.8) is 0 Å². The Balaban J connectivity index is 1.84. The van der Waals surface area contributed by atoms with Gasteiger partial charge in [0.2, 0.25) is 5.95 Å². The lowest BCUT2D eigenvalue weighted by Crippen LogP contribution is -2.16. The van der Waals surface area contributed by atoms with Gasteiger partial charge in [-0.25, -0.2) is 4.52 Å². The third kappa shape index (κ3) is 2.16. The average molecular weight is 295 g/mol. The van der Waals surface area contributed by atoms with E-state index in [9.17, 15) is 0 Å². The highest BCUT2D eigenvalue weighted by Gasteiger charge is 2.22. The van der Waals surface area contributed by atoms with Crippen molar-refractivity contribution in [1.29, 1.82) is 0 Å². The quantitative estimate of drug-likeness (QED) is 0.925. The zero-order chi connectivity index (χ0) is 11.8. The standard InChI is InChI=1S/C12H15BrN4/c1-8-4-5-9(7-8)14-12-15-11-10(13)3-2-6-17(11)16-12/h2-3,6,8-9H,4-5,7H2,1H3,(H,14,16). The molecule has 2 aromatic rings. The van der Waals surface area contributed by atoms with E-state index in [0.29, 0.717) is 6.04 Å². The summed E-state index contributed by atoms with van der Waals surface area (Å²) in [4.78, 5) is 4.49. The second kappa shape index (κ2) is 4.29. The SMILES string of the molecule is CC1CCC(Nc2nc3c(Br)cccn3n2)C1. The molecule has 1 fully saturated rings. The fraction of sp³-hybridized carbons (Fsp3) is 0.500. The Morgan fingerprint density at radius 3 is 3.06 bits per heavy atom. The van der Waals surface area contributed by atoms with Crippen LogP contribution in [0.3, 0.4) is 0 Å². The monoisotopic (exact) mass is 294 g/mol. The topological polar surface area (TPSA) is 42.2 Å². The predicted octanol–water partition coefficient (Wildman–Crippen LogP) is 3.09. The van der Waals surface area contributed by atoms with Gasteiger partial charge in [0.05, 0.1) is 4.47 Å². The smallest absolute Gasteiger partial charge is 0.243 e. The van der Waals surface area contributed by atoms with Gasteiger partial charge in [0.1, 0.15) is 0 Å². The van der Waals surface area contributed by atoms with Gasteiger partial charge in [-0.1, -0.05) is 6.92 Å². The van der Waals surface area contributed by atoms with Crippen molar-refractivity contribution in [2.45, 2.75) is 32.2 Å². The van der Waals surface area contributed by atoms with Crippen molar-refractivity contribution in [2.75, 3.05) is 5.32 Å². The molecule has 1 aliphatic rings. The molecule has 0 bridgehead atoms. The zero-order valence-electron chi connectivity index (χ0n) is 9.73. The molecule has 3 rings (SSSR count). The van der Waals surface area contributed by atoms with Crippen molar-refractivity contribution in [3.8, 4) is 0 Å². The molecule has 2 aromatic heterocycles. The van der Waals surface area contributed by atoms with Crippen LogP contribution in [0.2, 0.25) is 0 Å². The summed E-state index contributed by atoms with van der Waals surface area (Å²) in [7, 11) is 0. The molecule has 17 heavy (non-hydrogen) atoms. The number of pyridine rings is 1. The second-order valence-electron chi connectivity index (χ2n) is 4.82. The maximum absolute atomic E-state index is 4.49. The first-order valence-electron chi connectivity index (χ1n) is 6.00. The van der Waals surface area contributed by atoms with Gasteiger partial charge in [-0.3, -0.25) is 0 Å². The fourth-order valence-corrected chi connectivity index (χ4v) is 2.88. The van der Waals surface area contributed by atoms with Gasteiger partial charge in [0, 0.05) is 12.2 Å². The van der Waals surface area contributed by atoms with E-state index in [-0.39, 0.29) is 0 Å². The van der Waals surface area contributed by atoms with E-state index in [4.69, 9.17) is 0 Å². The molecule has 5 heteroatoms. The van der Waals surface area contributed by atoms with Crippen LogP contribution in [0, 0.1) is 5.92 Å². The second-order valence-corrected chi connectivity index (χ2v) is 5.67. The number of anilines is 1.